The van der Waals surface area contributed by atoms with Crippen LogP contribution in [0.25, 0.3) is 0 Å². The average molecular weight is 238 g/mol. The highest BCUT2D eigenvalue weighted by Gasteiger charge is 2.12. The predicted octanol–water partition coefficient (Wildman–Crippen LogP) is 2.38. The number of nitrogens with one attached hydrogen (secondary N) is 1. The first-order valence-corrected chi connectivity index (χ1v) is 6.25. The number of hydrogen-bond donors (Lipinski definition) is 1. The van der Waals surface area contributed by atoms with Crippen LogP contribution < -0.4 is 5.32 Å². The van der Waals surface area contributed by atoms with Gasteiger partial charge in [0.1, 0.15) is 6.07 Å². The highest BCUT2D eigenvalue weighted by atomic mass is 32.1. The SMILES string of the molecule is COCC(NCc1cc(C#N)cs1)C(C)C. The maximum Gasteiger partial charge on any atom is 0.100 e. The van der Waals surface area contributed by atoms with Crippen molar-refractivity contribution in [3.63, 3.8) is 0 Å². The quantitative estimate of drug-likeness (QED) is 0.827. The number of nitrogens with zero attached hydrogens (tertiary/aromatic N) is 1. The van der Waals surface area contributed by atoms with Gasteiger partial charge in [-0.15, -0.1) is 11.3 Å². The topological polar surface area (TPSA) is 45.0 Å². The van der Waals surface area contributed by atoms with Gasteiger partial charge in [0.15, 0.2) is 0 Å². The van der Waals surface area contributed by atoms with E-state index in [1.165, 1.54) is 4.88 Å². The van der Waals surface area contributed by atoms with Gasteiger partial charge in [-0.05, 0) is 12.0 Å². The van der Waals surface area contributed by atoms with Crippen LogP contribution in [0.1, 0.15) is 24.3 Å². The summed E-state index contributed by atoms with van der Waals surface area (Å²) in [5, 5.41) is 14.1. The number of methoxy groups -OCH3 is 1. The maximum atomic E-state index is 8.72. The lowest BCUT2D eigenvalue weighted by molar-refractivity contribution is 0.146. The van der Waals surface area contributed by atoms with E-state index in [9.17, 15) is 0 Å². The zero-order chi connectivity index (χ0) is 12.0. The molecular weight excluding hydrogens is 220 g/mol. The van der Waals surface area contributed by atoms with Crippen molar-refractivity contribution in [1.82, 2.24) is 5.32 Å². The third-order valence-corrected chi connectivity index (χ3v) is 3.41. The highest BCUT2D eigenvalue weighted by molar-refractivity contribution is 7.10. The third kappa shape index (κ3) is 3.93. The van der Waals surface area contributed by atoms with Gasteiger partial charge in [0.05, 0.1) is 12.2 Å². The maximum absolute atomic E-state index is 8.72. The zero-order valence-corrected chi connectivity index (χ0v) is 10.8. The van der Waals surface area contributed by atoms with Crippen molar-refractivity contribution in [2.24, 2.45) is 5.92 Å². The molecule has 0 aromatic carbocycles. The first-order valence-electron chi connectivity index (χ1n) is 5.37. The lowest BCUT2D eigenvalue weighted by Gasteiger charge is -2.21. The molecule has 3 nitrogen and oxygen atoms in total. The predicted molar refractivity (Wildman–Crippen MR) is 66.4 cm³/mol. The molecule has 0 saturated heterocycles. The molecule has 88 valence electrons. The van der Waals surface area contributed by atoms with Crippen molar-refractivity contribution in [3.05, 3.63) is 21.9 Å². The van der Waals surface area contributed by atoms with Gasteiger partial charge in [-0.3, -0.25) is 0 Å². The molecule has 0 fully saturated rings. The second-order valence-corrected chi connectivity index (χ2v) is 5.10. The van der Waals surface area contributed by atoms with Crippen molar-refractivity contribution >= 4 is 11.3 Å². The second kappa shape index (κ2) is 6.64. The van der Waals surface area contributed by atoms with Crippen molar-refractivity contribution in [1.29, 1.82) is 5.26 Å². The molecule has 1 aromatic heterocycles. The standard InChI is InChI=1S/C12H18N2OS/c1-9(2)12(7-15-3)14-6-11-4-10(5-13)8-16-11/h4,8-9,12,14H,6-7H2,1-3H3. The summed E-state index contributed by atoms with van der Waals surface area (Å²) in [5.41, 5.74) is 0.745. The fraction of sp³-hybridized carbons (Fsp3) is 0.583. The van der Waals surface area contributed by atoms with Gasteiger partial charge in [-0.25, -0.2) is 0 Å². The summed E-state index contributed by atoms with van der Waals surface area (Å²) in [5.74, 6) is 0.537. The number of thiophene rings is 1. The minimum absolute atomic E-state index is 0.359. The van der Waals surface area contributed by atoms with Crippen molar-refractivity contribution in [3.8, 4) is 6.07 Å². The van der Waals surface area contributed by atoms with Crippen molar-refractivity contribution in [2.75, 3.05) is 13.7 Å². The Balaban J connectivity index is 2.45. The fourth-order valence-electron chi connectivity index (χ4n) is 1.43. The Labute approximate surface area is 101 Å². The molecule has 0 spiro atoms. The van der Waals surface area contributed by atoms with Crippen LogP contribution in [0.2, 0.25) is 0 Å². The van der Waals surface area contributed by atoms with Crippen LogP contribution in [0.3, 0.4) is 0 Å². The minimum Gasteiger partial charge on any atom is -0.383 e. The Morgan fingerprint density at radius 2 is 2.31 bits per heavy atom. The molecular formula is C12H18N2OS. The number of ether oxygens (including phenoxy) is 1. The Morgan fingerprint density at radius 1 is 1.56 bits per heavy atom. The molecule has 0 aliphatic rings. The molecule has 1 heterocycles. The van der Waals surface area contributed by atoms with Gasteiger partial charge in [-0.2, -0.15) is 5.26 Å². The van der Waals surface area contributed by atoms with E-state index in [4.69, 9.17) is 10.00 Å². The molecule has 4 heteroatoms. The van der Waals surface area contributed by atoms with Crippen LogP contribution in [0.5, 0.6) is 0 Å². The molecule has 1 aromatic rings. The summed E-state index contributed by atoms with van der Waals surface area (Å²) >= 11 is 1.62. The first-order chi connectivity index (χ1) is 7.67. The van der Waals surface area contributed by atoms with Gasteiger partial charge in [0.2, 0.25) is 0 Å². The summed E-state index contributed by atoms with van der Waals surface area (Å²) in [4.78, 5) is 1.19. The van der Waals surface area contributed by atoms with E-state index >= 15 is 0 Å². The molecule has 16 heavy (non-hydrogen) atoms. The van der Waals surface area contributed by atoms with Crippen LogP contribution in [0.4, 0.5) is 0 Å². The molecule has 1 atom stereocenters. The largest absolute Gasteiger partial charge is 0.383 e. The summed E-state index contributed by atoms with van der Waals surface area (Å²) in [6, 6.07) is 4.43. The number of hydrogen-bond acceptors (Lipinski definition) is 4. The van der Waals surface area contributed by atoms with E-state index < -0.39 is 0 Å². The van der Waals surface area contributed by atoms with E-state index in [0.29, 0.717) is 18.6 Å². The Kier molecular flexibility index (Phi) is 5.47. The fourth-order valence-corrected chi connectivity index (χ4v) is 2.19. The van der Waals surface area contributed by atoms with Gasteiger partial charge in [-0.1, -0.05) is 13.8 Å². The number of rotatable bonds is 6. The highest BCUT2D eigenvalue weighted by Crippen LogP contribution is 2.14. The molecule has 0 aliphatic heterocycles. The molecule has 0 radical (unpaired) electrons. The first kappa shape index (κ1) is 13.2. The molecule has 1 unspecified atom stereocenters. The summed E-state index contributed by atoms with van der Waals surface area (Å²) < 4.78 is 5.17. The van der Waals surface area contributed by atoms with Crippen molar-refractivity contribution in [2.45, 2.75) is 26.4 Å². The second-order valence-electron chi connectivity index (χ2n) is 4.10. The minimum atomic E-state index is 0.359. The summed E-state index contributed by atoms with van der Waals surface area (Å²) in [6.45, 7) is 5.87. The normalized spacial score (nSPS) is 12.7. The lowest BCUT2D eigenvalue weighted by atomic mass is 10.1. The summed E-state index contributed by atoms with van der Waals surface area (Å²) in [7, 11) is 1.72. The van der Waals surface area contributed by atoms with Gasteiger partial charge in [0.25, 0.3) is 0 Å². The Bertz CT molecular complexity index is 354. The van der Waals surface area contributed by atoms with Crippen molar-refractivity contribution < 1.29 is 4.74 Å². The molecule has 0 amide bonds. The lowest BCUT2D eigenvalue weighted by Crippen LogP contribution is -2.37. The molecule has 1 rings (SSSR count). The van der Waals surface area contributed by atoms with Crippen LogP contribution >= 0.6 is 11.3 Å². The van der Waals surface area contributed by atoms with Crippen LogP contribution in [-0.4, -0.2) is 19.8 Å². The molecule has 0 saturated carbocycles. The Hall–Kier alpha value is -0.890. The van der Waals surface area contributed by atoms with E-state index in [1.807, 2.05) is 11.4 Å². The van der Waals surface area contributed by atoms with Crippen LogP contribution in [0.15, 0.2) is 11.4 Å². The molecule has 0 bridgehead atoms. The zero-order valence-electron chi connectivity index (χ0n) is 9.99. The van der Waals surface area contributed by atoms with Crippen LogP contribution in [0, 0.1) is 17.2 Å². The number of nitriles is 1. The third-order valence-electron chi connectivity index (χ3n) is 2.47. The van der Waals surface area contributed by atoms with Gasteiger partial charge < -0.3 is 10.1 Å². The van der Waals surface area contributed by atoms with Gasteiger partial charge >= 0.3 is 0 Å². The molecule has 0 aliphatic carbocycles. The smallest absolute Gasteiger partial charge is 0.100 e. The van der Waals surface area contributed by atoms with E-state index in [-0.39, 0.29) is 0 Å². The van der Waals surface area contributed by atoms with Gasteiger partial charge in [0, 0.05) is 30.0 Å². The summed E-state index contributed by atoms with van der Waals surface area (Å²) in [6.07, 6.45) is 0. The average Bonchev–Trinajstić information content (AvgIpc) is 2.71. The monoisotopic (exact) mass is 238 g/mol. The molecule has 1 N–H and O–H groups in total. The van der Waals surface area contributed by atoms with E-state index in [0.717, 1.165) is 12.1 Å². The Morgan fingerprint density at radius 3 is 2.81 bits per heavy atom. The van der Waals surface area contributed by atoms with E-state index in [2.05, 4.69) is 25.2 Å². The van der Waals surface area contributed by atoms with Crippen LogP contribution in [-0.2, 0) is 11.3 Å². The van der Waals surface area contributed by atoms with E-state index in [1.54, 1.807) is 18.4 Å².